The van der Waals surface area contributed by atoms with E-state index in [2.05, 4.69) is 10.3 Å². The number of methoxy groups -OCH3 is 2. The lowest BCUT2D eigenvalue weighted by molar-refractivity contribution is -0.118. The first-order valence-electron chi connectivity index (χ1n) is 12.7. The van der Waals surface area contributed by atoms with Crippen LogP contribution in [0.3, 0.4) is 0 Å². The number of hydrogen-bond acceptors (Lipinski definition) is 5. The molecule has 5 rings (SSSR count). The van der Waals surface area contributed by atoms with E-state index in [1.165, 1.54) is 0 Å². The predicted molar refractivity (Wildman–Crippen MR) is 148 cm³/mol. The molecular formula is C31H31N3O4. The number of allylic oxidation sites excluding steroid dienone is 2. The van der Waals surface area contributed by atoms with Crippen LogP contribution >= 0.6 is 0 Å². The Morgan fingerprint density at radius 2 is 1.84 bits per heavy atom. The molecule has 1 unspecified atom stereocenters. The number of pyridine rings is 1. The Balaban J connectivity index is 1.39. The molecule has 2 aromatic carbocycles. The molecule has 3 aromatic rings. The van der Waals surface area contributed by atoms with Crippen LogP contribution < -0.4 is 10.2 Å². The second kappa shape index (κ2) is 10.6. The molecule has 7 nitrogen and oxygen atoms in total. The number of anilines is 2. The van der Waals surface area contributed by atoms with E-state index >= 15 is 0 Å². The highest BCUT2D eigenvalue weighted by atomic mass is 16.5. The van der Waals surface area contributed by atoms with E-state index in [-0.39, 0.29) is 18.2 Å². The van der Waals surface area contributed by atoms with Crippen molar-refractivity contribution in [2.24, 2.45) is 0 Å². The molecule has 194 valence electrons. The Kier molecular flexibility index (Phi) is 7.11. The molecule has 0 bridgehead atoms. The van der Waals surface area contributed by atoms with E-state index in [1.54, 1.807) is 25.3 Å². The zero-order valence-electron chi connectivity index (χ0n) is 21.9. The van der Waals surface area contributed by atoms with Crippen molar-refractivity contribution in [3.63, 3.8) is 0 Å². The van der Waals surface area contributed by atoms with Crippen molar-refractivity contribution in [1.29, 1.82) is 0 Å². The summed E-state index contributed by atoms with van der Waals surface area (Å²) in [6.07, 6.45) is 4.93. The topological polar surface area (TPSA) is 80.8 Å². The van der Waals surface area contributed by atoms with Crippen molar-refractivity contribution in [2.75, 3.05) is 31.0 Å². The van der Waals surface area contributed by atoms with Gasteiger partial charge < -0.3 is 19.7 Å². The molecular weight excluding hydrogens is 478 g/mol. The van der Waals surface area contributed by atoms with Gasteiger partial charge in [-0.05, 0) is 66.5 Å². The summed E-state index contributed by atoms with van der Waals surface area (Å²) in [6.45, 7) is 2.53. The number of amides is 2. The van der Waals surface area contributed by atoms with Crippen LogP contribution in [-0.2, 0) is 31.9 Å². The Morgan fingerprint density at radius 1 is 1.05 bits per heavy atom. The Morgan fingerprint density at radius 3 is 2.55 bits per heavy atom. The monoisotopic (exact) mass is 509 g/mol. The van der Waals surface area contributed by atoms with Crippen LogP contribution in [0.15, 0.2) is 90.3 Å². The summed E-state index contributed by atoms with van der Waals surface area (Å²) >= 11 is 0. The van der Waals surface area contributed by atoms with Gasteiger partial charge in [-0.15, -0.1) is 0 Å². The lowest BCUT2D eigenvalue weighted by Gasteiger charge is -2.34. The highest BCUT2D eigenvalue weighted by molar-refractivity contribution is 6.11. The number of ether oxygens (including phenoxy) is 2. The summed E-state index contributed by atoms with van der Waals surface area (Å²) in [5, 5.41) is 3.08. The zero-order valence-corrected chi connectivity index (χ0v) is 21.9. The van der Waals surface area contributed by atoms with Crippen molar-refractivity contribution in [3.8, 4) is 0 Å². The molecule has 2 amide bonds. The van der Waals surface area contributed by atoms with Crippen LogP contribution in [0, 0.1) is 0 Å². The fourth-order valence-electron chi connectivity index (χ4n) is 5.11. The van der Waals surface area contributed by atoms with Gasteiger partial charge in [-0.3, -0.25) is 14.6 Å². The maximum Gasteiger partial charge on any atom is 0.252 e. The van der Waals surface area contributed by atoms with Gasteiger partial charge in [-0.1, -0.05) is 36.4 Å². The number of fused-ring (bicyclic) bond motifs is 1. The summed E-state index contributed by atoms with van der Waals surface area (Å²) in [5.74, 6) is 0.488. The molecule has 0 spiro atoms. The van der Waals surface area contributed by atoms with Crippen molar-refractivity contribution in [2.45, 2.75) is 31.8 Å². The van der Waals surface area contributed by atoms with Crippen LogP contribution in [0.2, 0.25) is 0 Å². The number of benzene rings is 2. The fraction of sp³-hybridized carbons (Fsp3) is 0.258. The molecule has 0 radical (unpaired) electrons. The molecule has 0 saturated heterocycles. The minimum Gasteiger partial charge on any atom is -0.498 e. The van der Waals surface area contributed by atoms with Crippen LogP contribution in [0.1, 0.15) is 30.2 Å². The lowest BCUT2D eigenvalue weighted by atomic mass is 9.82. The van der Waals surface area contributed by atoms with Crippen molar-refractivity contribution >= 4 is 28.8 Å². The average molecular weight is 510 g/mol. The van der Waals surface area contributed by atoms with Crippen molar-refractivity contribution < 1.29 is 19.1 Å². The number of nitrogens with zero attached hydrogens (tertiary/aromatic N) is 2. The Labute approximate surface area is 222 Å². The summed E-state index contributed by atoms with van der Waals surface area (Å²) < 4.78 is 11.4. The van der Waals surface area contributed by atoms with Gasteiger partial charge in [0, 0.05) is 48.9 Å². The summed E-state index contributed by atoms with van der Waals surface area (Å²) in [6, 6.07) is 21.1. The summed E-state index contributed by atoms with van der Waals surface area (Å²) in [4.78, 5) is 32.7. The number of hydrogen-bond donors (Lipinski definition) is 1. The third-order valence-electron chi connectivity index (χ3n) is 7.26. The largest absolute Gasteiger partial charge is 0.498 e. The number of carbonyl (C=O) groups excluding carboxylic acids is 2. The Hall–Kier alpha value is -4.23. The number of nitrogens with one attached hydrogen (secondary N) is 1. The van der Waals surface area contributed by atoms with Crippen LogP contribution in [0.5, 0.6) is 0 Å². The SMILES string of the molecule is COC1=CC(c2ccccc2)=C(C(=O)Nc2ccc3c(c2)CCN3C(=O)Cc2ccccn2)CC1(C)OC. The molecule has 1 aliphatic heterocycles. The van der Waals surface area contributed by atoms with Crippen LogP contribution in [-0.4, -0.2) is 43.2 Å². The third kappa shape index (κ3) is 4.97. The van der Waals surface area contributed by atoms with Gasteiger partial charge in [0.05, 0.1) is 13.5 Å². The molecule has 1 atom stereocenters. The standard InChI is InChI=1S/C31H31N3O4/c1-31(38-3)20-26(25(19-28(31)37-2)21-9-5-4-6-10-21)30(36)33-24-12-13-27-22(17-24)14-16-34(27)29(35)18-23-11-7-8-15-32-23/h4-13,15,17,19H,14,16,18,20H2,1-3H3,(H,33,36). The van der Waals surface area contributed by atoms with E-state index in [0.29, 0.717) is 30.0 Å². The minimum atomic E-state index is -0.758. The first kappa shape index (κ1) is 25.4. The van der Waals surface area contributed by atoms with E-state index < -0.39 is 5.60 Å². The van der Waals surface area contributed by atoms with Gasteiger partial charge in [-0.2, -0.15) is 0 Å². The highest BCUT2D eigenvalue weighted by Gasteiger charge is 2.38. The van der Waals surface area contributed by atoms with Gasteiger partial charge in [-0.25, -0.2) is 0 Å². The normalized spacial score (nSPS) is 18.6. The quantitative estimate of drug-likeness (QED) is 0.488. The summed E-state index contributed by atoms with van der Waals surface area (Å²) in [7, 11) is 3.24. The van der Waals surface area contributed by atoms with Crippen LogP contribution in [0.4, 0.5) is 11.4 Å². The smallest absolute Gasteiger partial charge is 0.252 e. The molecule has 38 heavy (non-hydrogen) atoms. The molecule has 7 heteroatoms. The molecule has 0 fully saturated rings. The molecule has 1 aliphatic carbocycles. The fourth-order valence-corrected chi connectivity index (χ4v) is 5.11. The highest BCUT2D eigenvalue weighted by Crippen LogP contribution is 2.40. The van der Waals surface area contributed by atoms with Gasteiger partial charge in [0.15, 0.2) is 0 Å². The maximum atomic E-state index is 13.7. The minimum absolute atomic E-state index is 0.0127. The first-order valence-corrected chi connectivity index (χ1v) is 12.7. The molecule has 1 N–H and O–H groups in total. The second-order valence-electron chi connectivity index (χ2n) is 9.67. The van der Waals surface area contributed by atoms with Gasteiger partial charge in [0.2, 0.25) is 5.91 Å². The van der Waals surface area contributed by atoms with Crippen LogP contribution in [0.25, 0.3) is 5.57 Å². The molecule has 1 aromatic heterocycles. The van der Waals surface area contributed by atoms with Gasteiger partial charge >= 0.3 is 0 Å². The van der Waals surface area contributed by atoms with Crippen molar-refractivity contribution in [1.82, 2.24) is 4.98 Å². The van der Waals surface area contributed by atoms with Gasteiger partial charge in [0.25, 0.3) is 5.91 Å². The molecule has 0 saturated carbocycles. The van der Waals surface area contributed by atoms with E-state index in [4.69, 9.17) is 9.47 Å². The summed E-state index contributed by atoms with van der Waals surface area (Å²) in [5.41, 5.74) is 4.95. The molecule has 2 aliphatic rings. The second-order valence-corrected chi connectivity index (χ2v) is 9.67. The van der Waals surface area contributed by atoms with Gasteiger partial charge in [0.1, 0.15) is 11.4 Å². The zero-order chi connectivity index (χ0) is 26.7. The molecule has 2 heterocycles. The van der Waals surface area contributed by atoms with E-state index in [0.717, 1.165) is 34.5 Å². The third-order valence-corrected chi connectivity index (χ3v) is 7.26. The lowest BCUT2D eigenvalue weighted by Crippen LogP contribution is -2.36. The number of aromatic nitrogens is 1. The Bertz CT molecular complexity index is 1420. The van der Waals surface area contributed by atoms with E-state index in [1.807, 2.05) is 79.7 Å². The first-order chi connectivity index (χ1) is 18.4. The number of rotatable bonds is 7. The van der Waals surface area contributed by atoms with E-state index in [9.17, 15) is 9.59 Å². The average Bonchev–Trinajstić information content (AvgIpc) is 3.37. The predicted octanol–water partition coefficient (Wildman–Crippen LogP) is 4.94. The number of carbonyl (C=O) groups is 2. The maximum absolute atomic E-state index is 13.7. The van der Waals surface area contributed by atoms with Crippen molar-refractivity contribution in [3.05, 3.63) is 107 Å².